The van der Waals surface area contributed by atoms with Crippen LogP contribution in [-0.4, -0.2) is 29.8 Å². The van der Waals surface area contributed by atoms with Crippen LogP contribution < -0.4 is 4.90 Å². The number of carbonyl (C=O) groups excluding carboxylic acids is 1. The Balaban J connectivity index is 1.49. The van der Waals surface area contributed by atoms with E-state index in [0.717, 1.165) is 63.7 Å². The highest BCUT2D eigenvalue weighted by atomic mass is 16.4. The fourth-order valence-corrected chi connectivity index (χ4v) is 9.06. The zero-order valence-corrected chi connectivity index (χ0v) is 22.6. The van der Waals surface area contributed by atoms with Gasteiger partial charge in [-0.3, -0.25) is 4.79 Å². The van der Waals surface area contributed by atoms with Gasteiger partial charge in [0.15, 0.2) is 0 Å². The van der Waals surface area contributed by atoms with Crippen LogP contribution in [0.3, 0.4) is 0 Å². The second-order valence-electron chi connectivity index (χ2n) is 12.3. The van der Waals surface area contributed by atoms with Crippen LogP contribution in [-0.2, 0) is 4.79 Å². The second-order valence-corrected chi connectivity index (χ2v) is 12.3. The molecule has 194 valence electrons. The number of hydrogen-bond acceptors (Lipinski definition) is 4. The third kappa shape index (κ3) is 3.64. The van der Waals surface area contributed by atoms with Crippen LogP contribution in [0.15, 0.2) is 52.2 Å². The number of nitrogens with zero attached hydrogens (tertiary/aromatic N) is 2. The zero-order chi connectivity index (χ0) is 25.8. The minimum absolute atomic E-state index is 0.136. The molecule has 5 aliphatic rings. The molecule has 1 saturated heterocycles. The maximum atomic E-state index is 13.3. The molecule has 0 unspecified atom stereocenters. The molecule has 5 atom stereocenters. The SMILES string of the molecule is CC#C[C@]1(C(C)=O)CC[C@H]2[C@@H]3CCC4=CC(=NO)CCC4=C3[C@@H](c3ccc(N4CCCC4)cc3)C[C@@]21C. The van der Waals surface area contributed by atoms with Gasteiger partial charge in [0, 0.05) is 24.7 Å². The lowest BCUT2D eigenvalue weighted by Crippen LogP contribution is -2.50. The third-order valence-corrected chi connectivity index (χ3v) is 10.8. The van der Waals surface area contributed by atoms with Crippen molar-refractivity contribution in [1.82, 2.24) is 0 Å². The highest BCUT2D eigenvalue weighted by molar-refractivity contribution is 5.97. The fraction of sp³-hybridized carbons (Fsp3) is 0.576. The highest BCUT2D eigenvalue weighted by Gasteiger charge is 2.64. The minimum Gasteiger partial charge on any atom is -0.411 e. The first-order chi connectivity index (χ1) is 17.9. The molecule has 0 radical (unpaired) electrons. The average molecular weight is 497 g/mol. The summed E-state index contributed by atoms with van der Waals surface area (Å²) in [6, 6.07) is 9.38. The molecular weight excluding hydrogens is 456 g/mol. The number of Topliss-reactive ketones (excluding diaryl/α,β-unsaturated/α-hetero) is 1. The maximum Gasteiger partial charge on any atom is 0.148 e. The predicted molar refractivity (Wildman–Crippen MR) is 149 cm³/mol. The van der Waals surface area contributed by atoms with Gasteiger partial charge < -0.3 is 10.1 Å². The van der Waals surface area contributed by atoms with Gasteiger partial charge in [-0.05, 0) is 124 Å². The molecule has 4 aliphatic carbocycles. The van der Waals surface area contributed by atoms with Crippen molar-refractivity contribution in [3.05, 3.63) is 52.6 Å². The summed E-state index contributed by atoms with van der Waals surface area (Å²) in [5.41, 5.74) is 7.34. The lowest BCUT2D eigenvalue weighted by atomic mass is 9.48. The summed E-state index contributed by atoms with van der Waals surface area (Å²) in [5.74, 6) is 8.20. The van der Waals surface area contributed by atoms with Gasteiger partial charge in [-0.15, -0.1) is 5.92 Å². The Hall–Kier alpha value is -2.80. The summed E-state index contributed by atoms with van der Waals surface area (Å²) in [6.07, 6.45) is 11.5. The molecule has 0 amide bonds. The molecule has 4 nitrogen and oxygen atoms in total. The first-order valence-electron chi connectivity index (χ1n) is 14.4. The Morgan fingerprint density at radius 3 is 2.54 bits per heavy atom. The van der Waals surface area contributed by atoms with Crippen LogP contribution in [0.2, 0.25) is 0 Å². The lowest BCUT2D eigenvalue weighted by Gasteiger charge is -2.54. The van der Waals surface area contributed by atoms with Gasteiger partial charge in [0.25, 0.3) is 0 Å². The molecule has 2 saturated carbocycles. The molecule has 1 N–H and O–H groups in total. The standard InChI is InChI=1S/C33H40N2O2/c1-4-16-33(22(2)36)17-15-30-28-13-9-24-20-25(34-37)10-14-27(24)31(28)29(21-32(30,33)3)23-7-11-26(12-8-23)35-18-5-6-19-35/h7-8,11-12,20,28-30,37H,5-6,9-10,13-15,17-19,21H2,1-3H3/t28-,29+,30-,32-,33+/m0/s1. The average Bonchev–Trinajstić information content (AvgIpc) is 3.55. The molecular formula is C33H40N2O2. The highest BCUT2D eigenvalue weighted by Crippen LogP contribution is 2.69. The van der Waals surface area contributed by atoms with Crippen molar-refractivity contribution in [3.63, 3.8) is 0 Å². The van der Waals surface area contributed by atoms with E-state index in [4.69, 9.17) is 0 Å². The van der Waals surface area contributed by atoms with Gasteiger partial charge >= 0.3 is 0 Å². The summed E-state index contributed by atoms with van der Waals surface area (Å²) in [5, 5.41) is 13.0. The maximum absolute atomic E-state index is 13.3. The van der Waals surface area contributed by atoms with Gasteiger partial charge in [-0.2, -0.15) is 0 Å². The molecule has 0 aromatic heterocycles. The van der Waals surface area contributed by atoms with E-state index in [1.54, 1.807) is 12.5 Å². The van der Waals surface area contributed by atoms with Crippen molar-refractivity contribution in [2.24, 2.45) is 27.8 Å². The van der Waals surface area contributed by atoms with Crippen molar-refractivity contribution in [1.29, 1.82) is 0 Å². The van der Waals surface area contributed by atoms with Crippen LogP contribution in [0, 0.1) is 34.5 Å². The molecule has 6 rings (SSSR count). The Kier molecular flexibility index (Phi) is 6.09. The Morgan fingerprint density at radius 1 is 1.11 bits per heavy atom. The smallest absolute Gasteiger partial charge is 0.148 e. The molecule has 37 heavy (non-hydrogen) atoms. The molecule has 0 spiro atoms. The molecule has 1 heterocycles. The predicted octanol–water partition coefficient (Wildman–Crippen LogP) is 7.05. The van der Waals surface area contributed by atoms with E-state index in [1.165, 1.54) is 35.2 Å². The fourth-order valence-electron chi connectivity index (χ4n) is 9.06. The number of hydrogen-bond donors (Lipinski definition) is 1. The summed E-state index contributed by atoms with van der Waals surface area (Å²) in [4.78, 5) is 15.8. The van der Waals surface area contributed by atoms with E-state index in [-0.39, 0.29) is 11.2 Å². The molecule has 4 heteroatoms. The summed E-state index contributed by atoms with van der Waals surface area (Å²) >= 11 is 0. The van der Waals surface area contributed by atoms with Crippen molar-refractivity contribution in [3.8, 4) is 11.8 Å². The van der Waals surface area contributed by atoms with E-state index in [2.05, 4.69) is 59.2 Å². The quantitative estimate of drug-likeness (QED) is 0.277. The minimum atomic E-state index is -0.546. The largest absolute Gasteiger partial charge is 0.411 e. The Morgan fingerprint density at radius 2 is 1.86 bits per heavy atom. The normalized spacial score (nSPS) is 35.9. The first kappa shape index (κ1) is 24.5. The van der Waals surface area contributed by atoms with Crippen LogP contribution >= 0.6 is 0 Å². The number of fused-ring (bicyclic) bond motifs is 4. The molecule has 1 aromatic rings. The topological polar surface area (TPSA) is 52.9 Å². The second kappa shape index (κ2) is 9.19. The monoisotopic (exact) mass is 496 g/mol. The lowest BCUT2D eigenvalue weighted by molar-refractivity contribution is -0.130. The van der Waals surface area contributed by atoms with E-state index >= 15 is 0 Å². The summed E-state index contributed by atoms with van der Waals surface area (Å²) < 4.78 is 0. The number of anilines is 1. The Labute approximate surface area is 221 Å². The van der Waals surface area contributed by atoms with Crippen LogP contribution in [0.4, 0.5) is 5.69 Å². The molecule has 0 bridgehead atoms. The number of rotatable bonds is 3. The molecule has 1 aliphatic heterocycles. The van der Waals surface area contributed by atoms with E-state index in [1.807, 2.05) is 6.92 Å². The van der Waals surface area contributed by atoms with Crippen LogP contribution in [0.25, 0.3) is 0 Å². The van der Waals surface area contributed by atoms with Crippen molar-refractivity contribution < 1.29 is 10.0 Å². The van der Waals surface area contributed by atoms with Crippen molar-refractivity contribution >= 4 is 17.2 Å². The molecule has 1 aromatic carbocycles. The van der Waals surface area contributed by atoms with Gasteiger partial charge in [-0.1, -0.05) is 35.7 Å². The number of ketones is 1. The molecule has 3 fully saturated rings. The van der Waals surface area contributed by atoms with E-state index in [9.17, 15) is 10.0 Å². The van der Waals surface area contributed by atoms with Gasteiger partial charge in [0.05, 0.1) is 11.1 Å². The first-order valence-corrected chi connectivity index (χ1v) is 14.4. The summed E-state index contributed by atoms with van der Waals surface area (Å²) in [6.45, 7) is 8.38. The van der Waals surface area contributed by atoms with Crippen molar-refractivity contribution in [2.45, 2.75) is 84.5 Å². The Bertz CT molecular complexity index is 1250. The van der Waals surface area contributed by atoms with Gasteiger partial charge in [0.1, 0.15) is 5.78 Å². The van der Waals surface area contributed by atoms with E-state index < -0.39 is 5.41 Å². The van der Waals surface area contributed by atoms with E-state index in [0.29, 0.717) is 17.8 Å². The number of benzene rings is 1. The zero-order valence-electron chi connectivity index (χ0n) is 22.6. The van der Waals surface area contributed by atoms with Crippen molar-refractivity contribution in [2.75, 3.05) is 18.0 Å². The van der Waals surface area contributed by atoms with Gasteiger partial charge in [0.2, 0.25) is 0 Å². The summed E-state index contributed by atoms with van der Waals surface area (Å²) in [7, 11) is 0. The third-order valence-electron chi connectivity index (χ3n) is 10.8. The number of allylic oxidation sites excluding steroid dienone is 4. The van der Waals surface area contributed by atoms with Gasteiger partial charge in [-0.25, -0.2) is 0 Å². The van der Waals surface area contributed by atoms with Crippen LogP contribution in [0.1, 0.15) is 90.0 Å². The number of oxime groups is 1. The van der Waals surface area contributed by atoms with Crippen LogP contribution in [0.5, 0.6) is 0 Å². The number of carbonyl (C=O) groups is 1.